The first-order valence-corrected chi connectivity index (χ1v) is 13.5. The highest BCUT2D eigenvalue weighted by Gasteiger charge is 2.33. The first kappa shape index (κ1) is 29.4. The van der Waals surface area contributed by atoms with Crippen molar-refractivity contribution in [2.24, 2.45) is 0 Å². The van der Waals surface area contributed by atoms with Crippen LogP contribution in [0.2, 0.25) is 0 Å². The van der Waals surface area contributed by atoms with Gasteiger partial charge in [-0.3, -0.25) is 13.9 Å². The van der Waals surface area contributed by atoms with Crippen LogP contribution in [0.25, 0.3) is 0 Å². The summed E-state index contributed by atoms with van der Waals surface area (Å²) in [5.74, 6) is -1.10. The number of nitrogens with one attached hydrogen (secondary N) is 1. The van der Waals surface area contributed by atoms with Gasteiger partial charge in [-0.1, -0.05) is 29.8 Å². The number of ether oxygens (including phenoxy) is 2. The number of halogens is 1. The maximum atomic E-state index is 13.9. The van der Waals surface area contributed by atoms with Gasteiger partial charge < -0.3 is 19.7 Å². The highest BCUT2D eigenvalue weighted by molar-refractivity contribution is 7.92. The van der Waals surface area contributed by atoms with Gasteiger partial charge in [-0.05, 0) is 55.8 Å². The summed E-state index contributed by atoms with van der Waals surface area (Å²) in [4.78, 5) is 27.4. The molecule has 1 N–H and O–H groups in total. The summed E-state index contributed by atoms with van der Waals surface area (Å²) in [5.41, 5.74) is 1.86. The number of benzene rings is 3. The van der Waals surface area contributed by atoms with E-state index < -0.39 is 40.2 Å². The molecular formula is C28H32FN3O6S. The molecule has 0 spiro atoms. The monoisotopic (exact) mass is 557 g/mol. The fourth-order valence-corrected chi connectivity index (χ4v) is 5.35. The van der Waals surface area contributed by atoms with Gasteiger partial charge in [0.15, 0.2) is 11.5 Å². The average Bonchev–Trinajstić information content (AvgIpc) is 2.94. The number of likely N-dealkylation sites (N-methyl/N-ethyl adjacent to an activating group) is 1. The van der Waals surface area contributed by atoms with Crippen LogP contribution in [-0.4, -0.2) is 59.0 Å². The van der Waals surface area contributed by atoms with E-state index in [1.54, 1.807) is 6.92 Å². The standard InChI is InChI=1S/C28H32FN3O6S/c1-19-6-8-21(9-7-19)17-31(20(2)28(34)30-3)27(33)18-32(23-12-10-22(29)11-13-23)39(35,36)24-14-15-25(37-4)26(16-24)38-5/h6-16,20H,17-18H2,1-5H3,(H,30,34). The Morgan fingerprint density at radius 1 is 0.949 bits per heavy atom. The van der Waals surface area contributed by atoms with Crippen molar-refractivity contribution >= 4 is 27.5 Å². The van der Waals surface area contributed by atoms with E-state index in [9.17, 15) is 22.4 Å². The SMILES string of the molecule is CNC(=O)C(C)N(Cc1ccc(C)cc1)C(=O)CN(c1ccc(F)cc1)S(=O)(=O)c1ccc(OC)c(OC)c1. The Balaban J connectivity index is 2.06. The number of hydrogen-bond donors (Lipinski definition) is 1. The predicted molar refractivity (Wildman–Crippen MR) is 146 cm³/mol. The Hall–Kier alpha value is -4.12. The molecule has 0 bridgehead atoms. The van der Waals surface area contributed by atoms with Gasteiger partial charge in [-0.25, -0.2) is 12.8 Å². The summed E-state index contributed by atoms with van der Waals surface area (Å²) in [5, 5.41) is 2.53. The summed E-state index contributed by atoms with van der Waals surface area (Å²) < 4.78 is 52.9. The molecule has 0 aliphatic rings. The fourth-order valence-electron chi connectivity index (χ4n) is 3.92. The number of methoxy groups -OCH3 is 2. The molecule has 208 valence electrons. The van der Waals surface area contributed by atoms with E-state index in [2.05, 4.69) is 5.32 Å². The maximum Gasteiger partial charge on any atom is 0.264 e. The molecule has 39 heavy (non-hydrogen) atoms. The molecule has 3 rings (SSSR count). The Kier molecular flexibility index (Phi) is 9.52. The molecule has 0 fully saturated rings. The molecule has 0 radical (unpaired) electrons. The van der Waals surface area contributed by atoms with Crippen LogP contribution in [-0.2, 0) is 26.2 Å². The molecule has 1 unspecified atom stereocenters. The smallest absolute Gasteiger partial charge is 0.264 e. The second kappa shape index (κ2) is 12.6. The predicted octanol–water partition coefficient (Wildman–Crippen LogP) is 3.51. The van der Waals surface area contributed by atoms with E-state index in [-0.39, 0.29) is 22.9 Å². The molecule has 1 atom stereocenters. The maximum absolute atomic E-state index is 13.9. The molecule has 3 aromatic carbocycles. The van der Waals surface area contributed by atoms with Crippen LogP contribution in [0.3, 0.4) is 0 Å². The van der Waals surface area contributed by atoms with Crippen molar-refractivity contribution in [3.8, 4) is 11.5 Å². The van der Waals surface area contributed by atoms with E-state index in [0.29, 0.717) is 5.75 Å². The molecule has 0 saturated heterocycles. The Morgan fingerprint density at radius 3 is 2.13 bits per heavy atom. The molecule has 0 heterocycles. The summed E-state index contributed by atoms with van der Waals surface area (Å²) >= 11 is 0. The normalized spacial score (nSPS) is 11.8. The number of rotatable bonds is 11. The number of aryl methyl sites for hydroxylation is 1. The van der Waals surface area contributed by atoms with Gasteiger partial charge in [0, 0.05) is 19.7 Å². The highest BCUT2D eigenvalue weighted by Crippen LogP contribution is 2.32. The fraction of sp³-hybridized carbons (Fsp3) is 0.286. The van der Waals surface area contributed by atoms with Crippen LogP contribution in [0.1, 0.15) is 18.1 Å². The van der Waals surface area contributed by atoms with Crippen LogP contribution < -0.4 is 19.1 Å². The van der Waals surface area contributed by atoms with Gasteiger partial charge in [0.05, 0.1) is 24.8 Å². The molecule has 11 heteroatoms. The van der Waals surface area contributed by atoms with Crippen LogP contribution in [0.15, 0.2) is 71.6 Å². The average molecular weight is 558 g/mol. The van der Waals surface area contributed by atoms with E-state index in [0.717, 1.165) is 27.6 Å². The number of anilines is 1. The number of sulfonamides is 1. The zero-order chi connectivity index (χ0) is 28.7. The summed E-state index contributed by atoms with van der Waals surface area (Å²) in [6, 6.07) is 15.3. The van der Waals surface area contributed by atoms with E-state index >= 15 is 0 Å². The lowest BCUT2D eigenvalue weighted by molar-refractivity contribution is -0.139. The van der Waals surface area contributed by atoms with Gasteiger partial charge >= 0.3 is 0 Å². The second-order valence-corrected chi connectivity index (χ2v) is 10.7. The minimum atomic E-state index is -4.36. The third-order valence-electron chi connectivity index (χ3n) is 6.22. The number of nitrogens with zero attached hydrogens (tertiary/aromatic N) is 2. The van der Waals surface area contributed by atoms with Crippen molar-refractivity contribution in [3.63, 3.8) is 0 Å². The summed E-state index contributed by atoms with van der Waals surface area (Å²) in [7, 11) is -0.102. The van der Waals surface area contributed by atoms with E-state index in [1.165, 1.54) is 56.5 Å². The van der Waals surface area contributed by atoms with Gasteiger partial charge in [0.25, 0.3) is 10.0 Å². The third kappa shape index (κ3) is 6.85. The third-order valence-corrected chi connectivity index (χ3v) is 7.99. The van der Waals surface area contributed by atoms with Crippen molar-refractivity contribution in [2.45, 2.75) is 31.3 Å². The zero-order valence-corrected chi connectivity index (χ0v) is 23.3. The summed E-state index contributed by atoms with van der Waals surface area (Å²) in [6.07, 6.45) is 0. The topological polar surface area (TPSA) is 105 Å². The lowest BCUT2D eigenvalue weighted by Crippen LogP contribution is -2.50. The van der Waals surface area contributed by atoms with Gasteiger partial charge in [0.2, 0.25) is 11.8 Å². The molecule has 0 aliphatic heterocycles. The first-order chi connectivity index (χ1) is 18.5. The minimum Gasteiger partial charge on any atom is -0.493 e. The lowest BCUT2D eigenvalue weighted by Gasteiger charge is -2.31. The minimum absolute atomic E-state index is 0.0708. The van der Waals surface area contributed by atoms with Crippen molar-refractivity contribution in [1.29, 1.82) is 0 Å². The molecule has 9 nitrogen and oxygen atoms in total. The quantitative estimate of drug-likeness (QED) is 0.387. The van der Waals surface area contributed by atoms with Crippen molar-refractivity contribution in [3.05, 3.63) is 83.7 Å². The highest BCUT2D eigenvalue weighted by atomic mass is 32.2. The molecule has 0 saturated carbocycles. The van der Waals surface area contributed by atoms with E-state index in [4.69, 9.17) is 9.47 Å². The van der Waals surface area contributed by atoms with Gasteiger partial charge in [-0.15, -0.1) is 0 Å². The van der Waals surface area contributed by atoms with Crippen LogP contribution in [0, 0.1) is 12.7 Å². The molecule has 0 aromatic heterocycles. The number of carbonyl (C=O) groups is 2. The first-order valence-electron chi connectivity index (χ1n) is 12.1. The van der Waals surface area contributed by atoms with Crippen LogP contribution >= 0.6 is 0 Å². The molecule has 2 amide bonds. The summed E-state index contributed by atoms with van der Waals surface area (Å²) in [6.45, 7) is 2.92. The van der Waals surface area contributed by atoms with Gasteiger partial charge in [-0.2, -0.15) is 0 Å². The zero-order valence-electron chi connectivity index (χ0n) is 22.5. The number of amides is 2. The Labute approximate surface area is 228 Å². The largest absolute Gasteiger partial charge is 0.493 e. The van der Waals surface area contributed by atoms with Crippen molar-refractivity contribution < 1.29 is 31.9 Å². The van der Waals surface area contributed by atoms with Crippen LogP contribution in [0.5, 0.6) is 11.5 Å². The molecule has 3 aromatic rings. The van der Waals surface area contributed by atoms with Crippen molar-refractivity contribution in [1.82, 2.24) is 10.2 Å². The number of hydrogen-bond acceptors (Lipinski definition) is 6. The van der Waals surface area contributed by atoms with Crippen LogP contribution in [0.4, 0.5) is 10.1 Å². The van der Waals surface area contributed by atoms with Crippen molar-refractivity contribution in [2.75, 3.05) is 32.1 Å². The molecule has 0 aliphatic carbocycles. The lowest BCUT2D eigenvalue weighted by atomic mass is 10.1. The second-order valence-electron chi connectivity index (χ2n) is 8.80. The Bertz CT molecular complexity index is 1410. The van der Waals surface area contributed by atoms with E-state index in [1.807, 2.05) is 31.2 Å². The Morgan fingerprint density at radius 2 is 1.56 bits per heavy atom. The van der Waals surface area contributed by atoms with Gasteiger partial charge in [0.1, 0.15) is 18.4 Å². The number of carbonyl (C=O) groups excluding carboxylic acids is 2. The molecular weight excluding hydrogens is 525 g/mol.